The van der Waals surface area contributed by atoms with Gasteiger partial charge in [-0.3, -0.25) is 0 Å². The highest BCUT2D eigenvalue weighted by Crippen LogP contribution is 2.36. The summed E-state index contributed by atoms with van der Waals surface area (Å²) < 4.78 is 13.5. The van der Waals surface area contributed by atoms with Gasteiger partial charge in [-0.1, -0.05) is 30.3 Å². The zero-order valence-corrected chi connectivity index (χ0v) is 21.9. The standard InChI is InChI=1S/C29H30N6O4/c1-16-11-17(2)27-22(12-16)33-23(39-27)13-18-3-5-19(6-4-18)26-25-28(30)31-15-32-29(25)35(34-26)20-7-9-21(10-8-20)38-14-24(36)37/h3-6,11-12,15,20-21H,7-10,13-14H2,1-2H3,(H,36,37)(H2,30,31,32)/t20-,21-. The van der Waals surface area contributed by atoms with Crippen LogP contribution in [0.1, 0.15) is 54.3 Å². The lowest BCUT2D eigenvalue weighted by Crippen LogP contribution is -2.26. The Morgan fingerprint density at radius 3 is 2.64 bits per heavy atom. The van der Waals surface area contributed by atoms with E-state index in [1.807, 2.05) is 29.8 Å². The molecule has 10 nitrogen and oxygen atoms in total. The van der Waals surface area contributed by atoms with Crippen molar-refractivity contribution in [3.8, 4) is 11.3 Å². The van der Waals surface area contributed by atoms with Gasteiger partial charge in [-0.05, 0) is 62.3 Å². The van der Waals surface area contributed by atoms with E-state index < -0.39 is 5.97 Å². The molecular weight excluding hydrogens is 496 g/mol. The molecule has 3 aromatic heterocycles. The lowest BCUT2D eigenvalue weighted by Gasteiger charge is -2.28. The molecule has 5 aromatic rings. The maximum atomic E-state index is 10.8. The van der Waals surface area contributed by atoms with Gasteiger partial charge < -0.3 is 20.0 Å². The quantitative estimate of drug-likeness (QED) is 0.299. The number of aliphatic carboxylic acids is 1. The van der Waals surface area contributed by atoms with Crippen LogP contribution >= 0.6 is 0 Å². The summed E-state index contributed by atoms with van der Waals surface area (Å²) in [4.78, 5) is 24.3. The van der Waals surface area contributed by atoms with E-state index in [-0.39, 0.29) is 18.8 Å². The number of aryl methyl sites for hydroxylation is 2. The van der Waals surface area contributed by atoms with Gasteiger partial charge in [0.25, 0.3) is 0 Å². The summed E-state index contributed by atoms with van der Waals surface area (Å²) in [5.41, 5.74) is 13.7. The average Bonchev–Trinajstić information content (AvgIpc) is 3.51. The monoisotopic (exact) mass is 526 g/mol. The van der Waals surface area contributed by atoms with Crippen molar-refractivity contribution in [2.75, 3.05) is 12.3 Å². The minimum absolute atomic E-state index is 0.0555. The van der Waals surface area contributed by atoms with Crippen LogP contribution < -0.4 is 5.73 Å². The summed E-state index contributed by atoms with van der Waals surface area (Å²) in [6.45, 7) is 3.83. The van der Waals surface area contributed by atoms with Gasteiger partial charge in [0.1, 0.15) is 30.0 Å². The summed E-state index contributed by atoms with van der Waals surface area (Å²) >= 11 is 0. The summed E-state index contributed by atoms with van der Waals surface area (Å²) in [6, 6.07) is 12.4. The second-order valence-corrected chi connectivity index (χ2v) is 10.3. The van der Waals surface area contributed by atoms with Crippen molar-refractivity contribution in [1.82, 2.24) is 24.7 Å². The second-order valence-electron chi connectivity index (χ2n) is 10.3. The molecule has 2 aromatic carbocycles. The number of ether oxygens (including phenoxy) is 1. The zero-order chi connectivity index (χ0) is 27.1. The third kappa shape index (κ3) is 4.95. The lowest BCUT2D eigenvalue weighted by molar-refractivity contribution is -0.145. The Kier molecular flexibility index (Phi) is 6.48. The predicted octanol–water partition coefficient (Wildman–Crippen LogP) is 5.01. The largest absolute Gasteiger partial charge is 0.480 e. The van der Waals surface area contributed by atoms with Gasteiger partial charge in [-0.15, -0.1) is 0 Å². The third-order valence-corrected chi connectivity index (χ3v) is 7.40. The van der Waals surface area contributed by atoms with Gasteiger partial charge in [0.05, 0.1) is 17.5 Å². The molecule has 3 heterocycles. The van der Waals surface area contributed by atoms with Crippen molar-refractivity contribution in [3.63, 3.8) is 0 Å². The first-order valence-corrected chi connectivity index (χ1v) is 13.1. The number of rotatable bonds is 7. The Balaban J connectivity index is 1.25. The number of nitrogens with zero attached hydrogens (tertiary/aromatic N) is 5. The van der Waals surface area contributed by atoms with E-state index in [2.05, 4.69) is 40.1 Å². The minimum Gasteiger partial charge on any atom is -0.480 e. The number of hydrogen-bond acceptors (Lipinski definition) is 8. The van der Waals surface area contributed by atoms with Gasteiger partial charge in [-0.2, -0.15) is 5.10 Å². The number of nitrogen functional groups attached to an aromatic ring is 1. The van der Waals surface area contributed by atoms with Crippen LogP contribution in [-0.2, 0) is 16.0 Å². The third-order valence-electron chi connectivity index (χ3n) is 7.40. The number of hydrogen-bond donors (Lipinski definition) is 2. The molecule has 1 aliphatic carbocycles. The second kappa shape index (κ2) is 10.1. The van der Waals surface area contributed by atoms with Crippen LogP contribution in [0.2, 0.25) is 0 Å². The fourth-order valence-electron chi connectivity index (χ4n) is 5.55. The van der Waals surface area contributed by atoms with E-state index in [9.17, 15) is 4.79 Å². The van der Waals surface area contributed by atoms with Crippen LogP contribution in [0.3, 0.4) is 0 Å². The summed E-state index contributed by atoms with van der Waals surface area (Å²) in [5, 5.41) is 14.6. The molecular formula is C29H30N6O4. The highest BCUT2D eigenvalue weighted by Gasteiger charge is 2.27. The number of carboxylic acids is 1. The molecule has 200 valence electrons. The summed E-state index contributed by atoms with van der Waals surface area (Å²) in [7, 11) is 0. The highest BCUT2D eigenvalue weighted by molar-refractivity contribution is 5.98. The molecule has 1 saturated carbocycles. The summed E-state index contributed by atoms with van der Waals surface area (Å²) in [5.74, 6) is 0.125. The Hall–Kier alpha value is -4.31. The Labute approximate surface area is 224 Å². The van der Waals surface area contributed by atoms with Crippen molar-refractivity contribution < 1.29 is 19.1 Å². The van der Waals surface area contributed by atoms with Crippen LogP contribution in [0.4, 0.5) is 5.82 Å². The van der Waals surface area contributed by atoms with Crippen molar-refractivity contribution >= 4 is 33.9 Å². The van der Waals surface area contributed by atoms with Gasteiger partial charge >= 0.3 is 5.97 Å². The number of aromatic nitrogens is 5. The number of nitrogens with two attached hydrogens (primary N) is 1. The Morgan fingerprint density at radius 1 is 1.13 bits per heavy atom. The van der Waals surface area contributed by atoms with E-state index in [4.69, 9.17) is 25.1 Å². The van der Waals surface area contributed by atoms with Gasteiger partial charge in [0.2, 0.25) is 0 Å². The molecule has 39 heavy (non-hydrogen) atoms. The van der Waals surface area contributed by atoms with Gasteiger partial charge in [0.15, 0.2) is 17.1 Å². The van der Waals surface area contributed by atoms with Crippen LogP contribution in [-0.4, -0.2) is 48.5 Å². The number of carbonyl (C=O) groups is 1. The van der Waals surface area contributed by atoms with E-state index in [1.165, 1.54) is 11.9 Å². The number of anilines is 1. The molecule has 0 atom stereocenters. The first kappa shape index (κ1) is 25.0. The smallest absolute Gasteiger partial charge is 0.329 e. The van der Waals surface area contributed by atoms with Crippen molar-refractivity contribution in [2.45, 2.75) is 58.1 Å². The molecule has 0 radical (unpaired) electrons. The number of fused-ring (bicyclic) bond motifs is 2. The molecule has 0 unspecified atom stereocenters. The summed E-state index contributed by atoms with van der Waals surface area (Å²) in [6.07, 6.45) is 5.15. The molecule has 0 spiro atoms. The zero-order valence-electron chi connectivity index (χ0n) is 21.9. The molecule has 10 heteroatoms. The molecule has 1 aliphatic rings. The topological polar surface area (TPSA) is 142 Å². The average molecular weight is 527 g/mol. The normalized spacial score (nSPS) is 17.7. The van der Waals surface area contributed by atoms with E-state index >= 15 is 0 Å². The van der Waals surface area contributed by atoms with E-state index in [1.54, 1.807) is 0 Å². The predicted molar refractivity (Wildman–Crippen MR) is 146 cm³/mol. The van der Waals surface area contributed by atoms with Gasteiger partial charge in [-0.25, -0.2) is 24.4 Å². The van der Waals surface area contributed by atoms with E-state index in [0.29, 0.717) is 23.8 Å². The number of oxazole rings is 1. The maximum Gasteiger partial charge on any atom is 0.329 e. The molecule has 6 rings (SSSR count). The minimum atomic E-state index is -0.947. The number of carboxylic acid groups (broad SMARTS) is 1. The first-order valence-electron chi connectivity index (χ1n) is 13.1. The molecule has 3 N–H and O–H groups in total. The molecule has 0 amide bonds. The number of benzene rings is 2. The van der Waals surface area contributed by atoms with Crippen molar-refractivity contribution in [3.05, 3.63) is 65.3 Å². The van der Waals surface area contributed by atoms with Crippen molar-refractivity contribution in [2.24, 2.45) is 0 Å². The fraction of sp³-hybridized carbons (Fsp3) is 0.345. The molecule has 0 bridgehead atoms. The molecule has 1 fully saturated rings. The van der Waals surface area contributed by atoms with E-state index in [0.717, 1.165) is 64.6 Å². The maximum absolute atomic E-state index is 10.8. The van der Waals surface area contributed by atoms with Crippen molar-refractivity contribution in [1.29, 1.82) is 0 Å². The SMILES string of the molecule is Cc1cc(C)c2oc(Cc3ccc(-c4nn([C@H]5CC[C@H](OCC(=O)O)CC5)c5ncnc(N)c45)cc3)nc2c1. The van der Waals surface area contributed by atoms with Crippen LogP contribution in [0.5, 0.6) is 0 Å². The highest BCUT2D eigenvalue weighted by atomic mass is 16.5. The van der Waals surface area contributed by atoms with Crippen LogP contribution in [0.15, 0.2) is 47.1 Å². The van der Waals surface area contributed by atoms with Crippen LogP contribution in [0.25, 0.3) is 33.4 Å². The molecule has 0 aliphatic heterocycles. The lowest BCUT2D eigenvalue weighted by atomic mass is 9.93. The van der Waals surface area contributed by atoms with Gasteiger partial charge in [0, 0.05) is 12.0 Å². The fourth-order valence-corrected chi connectivity index (χ4v) is 5.55. The molecule has 0 saturated heterocycles. The first-order chi connectivity index (χ1) is 18.9. The van der Waals surface area contributed by atoms with Crippen LogP contribution in [0, 0.1) is 13.8 Å². The Bertz CT molecular complexity index is 1670. The Morgan fingerprint density at radius 2 is 1.90 bits per heavy atom.